The Hall–Kier alpha value is -1.89. The second-order valence-electron chi connectivity index (χ2n) is 6.37. The van der Waals surface area contributed by atoms with Crippen LogP contribution in [0.1, 0.15) is 30.7 Å². The molecule has 0 bridgehead atoms. The molecule has 0 unspecified atom stereocenters. The number of nitrogens with zero attached hydrogens (tertiary/aromatic N) is 2. The van der Waals surface area contributed by atoms with E-state index in [2.05, 4.69) is 10.4 Å². The number of hydrogen-bond acceptors (Lipinski definition) is 4. The number of aromatic nitrogens is 2. The molecule has 0 spiro atoms. The van der Waals surface area contributed by atoms with Crippen molar-refractivity contribution in [3.8, 4) is 0 Å². The summed E-state index contributed by atoms with van der Waals surface area (Å²) in [6, 6.07) is 0. The van der Waals surface area contributed by atoms with Gasteiger partial charge in [0.05, 0.1) is 11.6 Å². The first-order valence-corrected chi connectivity index (χ1v) is 7.66. The van der Waals surface area contributed by atoms with E-state index in [4.69, 9.17) is 10.5 Å². The second-order valence-corrected chi connectivity index (χ2v) is 6.37. The van der Waals surface area contributed by atoms with Crippen LogP contribution in [0.4, 0.5) is 0 Å². The van der Waals surface area contributed by atoms with Crippen molar-refractivity contribution in [3.63, 3.8) is 0 Å². The standard InChI is InChI=1S/C15H22N4O3/c1-19-8-10(7-18-19)11-6-12(11)13(20)17-9-15(14(16)21)2-4-22-5-3-15/h7-8,11-12H,2-6,9H2,1H3,(H2,16,21)(H,17,20)/t11-,12+/m1/s1. The molecule has 1 aliphatic heterocycles. The summed E-state index contributed by atoms with van der Waals surface area (Å²) in [6.45, 7) is 1.34. The van der Waals surface area contributed by atoms with Gasteiger partial charge in [-0.1, -0.05) is 0 Å². The van der Waals surface area contributed by atoms with Crippen molar-refractivity contribution in [2.24, 2.45) is 24.1 Å². The Morgan fingerprint density at radius 2 is 2.23 bits per heavy atom. The third-order valence-corrected chi connectivity index (χ3v) is 4.85. The molecule has 1 aromatic heterocycles. The Morgan fingerprint density at radius 3 is 2.82 bits per heavy atom. The Morgan fingerprint density at radius 1 is 1.50 bits per heavy atom. The summed E-state index contributed by atoms with van der Waals surface area (Å²) in [5.74, 6) is -0.126. The van der Waals surface area contributed by atoms with Crippen LogP contribution < -0.4 is 11.1 Å². The molecule has 0 aromatic carbocycles. The normalized spacial score (nSPS) is 26.4. The minimum absolute atomic E-state index is 0.000898. The van der Waals surface area contributed by atoms with E-state index in [0.29, 0.717) is 32.6 Å². The zero-order valence-corrected chi connectivity index (χ0v) is 12.7. The van der Waals surface area contributed by atoms with Gasteiger partial charge in [-0.15, -0.1) is 0 Å². The molecule has 1 aliphatic carbocycles. The lowest BCUT2D eigenvalue weighted by Gasteiger charge is -2.34. The third-order valence-electron chi connectivity index (χ3n) is 4.85. The van der Waals surface area contributed by atoms with Crippen LogP contribution in [0.5, 0.6) is 0 Å². The van der Waals surface area contributed by atoms with Crippen molar-refractivity contribution in [2.45, 2.75) is 25.2 Å². The van der Waals surface area contributed by atoms with Crippen molar-refractivity contribution >= 4 is 11.8 Å². The zero-order chi connectivity index (χ0) is 15.7. The maximum atomic E-state index is 12.3. The summed E-state index contributed by atoms with van der Waals surface area (Å²) < 4.78 is 7.03. The topological polar surface area (TPSA) is 99.2 Å². The van der Waals surface area contributed by atoms with Gasteiger partial charge < -0.3 is 15.8 Å². The van der Waals surface area contributed by atoms with Gasteiger partial charge >= 0.3 is 0 Å². The molecule has 22 heavy (non-hydrogen) atoms. The predicted octanol–water partition coefficient (Wildman–Crippen LogP) is -0.0781. The summed E-state index contributed by atoms with van der Waals surface area (Å²) in [5.41, 5.74) is 5.98. The van der Waals surface area contributed by atoms with Crippen molar-refractivity contribution in [1.82, 2.24) is 15.1 Å². The third kappa shape index (κ3) is 2.85. The first kappa shape index (κ1) is 15.0. The van der Waals surface area contributed by atoms with Crippen molar-refractivity contribution in [3.05, 3.63) is 18.0 Å². The first-order chi connectivity index (χ1) is 10.5. The van der Waals surface area contributed by atoms with Gasteiger partial charge in [-0.2, -0.15) is 5.10 Å². The molecule has 2 amide bonds. The van der Waals surface area contributed by atoms with Gasteiger partial charge in [0.15, 0.2) is 0 Å². The number of nitrogens with two attached hydrogens (primary N) is 1. The summed E-state index contributed by atoms with van der Waals surface area (Å²) in [5, 5.41) is 7.06. The maximum Gasteiger partial charge on any atom is 0.225 e. The van der Waals surface area contributed by atoms with E-state index in [-0.39, 0.29) is 23.7 Å². The number of aryl methyl sites for hydroxylation is 1. The van der Waals surface area contributed by atoms with E-state index in [0.717, 1.165) is 12.0 Å². The molecule has 1 aromatic rings. The van der Waals surface area contributed by atoms with E-state index in [1.165, 1.54) is 0 Å². The van der Waals surface area contributed by atoms with Gasteiger partial charge in [0.25, 0.3) is 0 Å². The lowest BCUT2D eigenvalue weighted by Crippen LogP contribution is -2.49. The molecular weight excluding hydrogens is 284 g/mol. The van der Waals surface area contributed by atoms with Crippen LogP contribution in [0.15, 0.2) is 12.4 Å². The molecule has 2 atom stereocenters. The molecule has 7 heteroatoms. The van der Waals surface area contributed by atoms with Gasteiger partial charge in [0.2, 0.25) is 11.8 Å². The van der Waals surface area contributed by atoms with Crippen molar-refractivity contribution in [1.29, 1.82) is 0 Å². The molecule has 3 N–H and O–H groups in total. The van der Waals surface area contributed by atoms with E-state index in [1.807, 2.05) is 13.2 Å². The molecule has 120 valence electrons. The van der Waals surface area contributed by atoms with Crippen LogP contribution in [-0.2, 0) is 21.4 Å². The monoisotopic (exact) mass is 306 g/mol. The predicted molar refractivity (Wildman–Crippen MR) is 78.7 cm³/mol. The molecule has 2 fully saturated rings. The summed E-state index contributed by atoms with van der Waals surface area (Å²) in [6.07, 6.45) is 5.73. The number of ether oxygens (including phenoxy) is 1. The Balaban J connectivity index is 1.55. The Kier molecular flexibility index (Phi) is 3.90. The second kappa shape index (κ2) is 5.72. The van der Waals surface area contributed by atoms with Crippen LogP contribution in [0.2, 0.25) is 0 Å². The quantitative estimate of drug-likeness (QED) is 0.795. The fraction of sp³-hybridized carbons (Fsp3) is 0.667. The van der Waals surface area contributed by atoms with Gasteiger partial charge in [0.1, 0.15) is 0 Å². The minimum Gasteiger partial charge on any atom is -0.381 e. The van der Waals surface area contributed by atoms with Gasteiger partial charge in [0, 0.05) is 38.9 Å². The highest BCUT2D eigenvalue weighted by Gasteiger charge is 2.46. The fourth-order valence-corrected chi connectivity index (χ4v) is 3.14. The summed E-state index contributed by atoms with van der Waals surface area (Å²) in [4.78, 5) is 24.0. The van der Waals surface area contributed by atoms with E-state index >= 15 is 0 Å². The van der Waals surface area contributed by atoms with Gasteiger partial charge in [-0.05, 0) is 30.7 Å². The van der Waals surface area contributed by atoms with Crippen LogP contribution in [0, 0.1) is 11.3 Å². The highest BCUT2D eigenvalue weighted by molar-refractivity contribution is 5.85. The highest BCUT2D eigenvalue weighted by Crippen LogP contribution is 2.47. The van der Waals surface area contributed by atoms with Gasteiger partial charge in [-0.3, -0.25) is 14.3 Å². The van der Waals surface area contributed by atoms with Crippen molar-refractivity contribution in [2.75, 3.05) is 19.8 Å². The number of hydrogen-bond donors (Lipinski definition) is 2. The lowest BCUT2D eigenvalue weighted by molar-refractivity contribution is -0.134. The van der Waals surface area contributed by atoms with E-state index < -0.39 is 5.41 Å². The van der Waals surface area contributed by atoms with E-state index in [1.54, 1.807) is 10.9 Å². The fourth-order valence-electron chi connectivity index (χ4n) is 3.14. The molecule has 7 nitrogen and oxygen atoms in total. The highest BCUT2D eigenvalue weighted by atomic mass is 16.5. The summed E-state index contributed by atoms with van der Waals surface area (Å²) >= 11 is 0. The molecule has 1 saturated heterocycles. The number of nitrogens with one attached hydrogen (secondary N) is 1. The van der Waals surface area contributed by atoms with Crippen LogP contribution in [0.3, 0.4) is 0 Å². The Bertz CT molecular complexity index is 577. The van der Waals surface area contributed by atoms with Crippen LogP contribution in [-0.4, -0.2) is 41.4 Å². The number of carbonyl (C=O) groups excluding carboxylic acids is 2. The number of carbonyl (C=O) groups is 2. The maximum absolute atomic E-state index is 12.3. The smallest absolute Gasteiger partial charge is 0.225 e. The van der Waals surface area contributed by atoms with Gasteiger partial charge in [-0.25, -0.2) is 0 Å². The molecule has 2 aliphatic rings. The van der Waals surface area contributed by atoms with E-state index in [9.17, 15) is 9.59 Å². The van der Waals surface area contributed by atoms with Crippen molar-refractivity contribution < 1.29 is 14.3 Å². The van der Waals surface area contributed by atoms with Crippen LogP contribution >= 0.6 is 0 Å². The number of rotatable bonds is 5. The SMILES string of the molecule is Cn1cc([C@H]2C[C@@H]2C(=O)NCC2(C(N)=O)CCOCC2)cn1. The summed E-state index contributed by atoms with van der Waals surface area (Å²) in [7, 11) is 1.86. The minimum atomic E-state index is -0.660. The molecule has 0 radical (unpaired) electrons. The first-order valence-electron chi connectivity index (χ1n) is 7.66. The number of primary amides is 1. The number of amides is 2. The molecule has 3 rings (SSSR count). The largest absolute Gasteiger partial charge is 0.381 e. The average Bonchev–Trinajstić information content (AvgIpc) is 3.20. The van der Waals surface area contributed by atoms with Crippen LogP contribution in [0.25, 0.3) is 0 Å². The lowest BCUT2D eigenvalue weighted by atomic mass is 9.79. The average molecular weight is 306 g/mol. The molecular formula is C15H22N4O3. The zero-order valence-electron chi connectivity index (χ0n) is 12.7. The Labute approximate surface area is 129 Å². The molecule has 1 saturated carbocycles. The molecule has 2 heterocycles.